The molecule has 1 atom stereocenters. The number of halogens is 1. The molecular weight excluding hydrogens is 495 g/mol. The summed E-state index contributed by atoms with van der Waals surface area (Å²) in [6, 6.07) is 30.5. The van der Waals surface area contributed by atoms with Gasteiger partial charge in [-0.05, 0) is 84.8 Å². The normalized spacial score (nSPS) is 14.5. The van der Waals surface area contributed by atoms with Crippen molar-refractivity contribution in [1.29, 1.82) is 0 Å². The Bertz CT molecular complexity index is 1390. The first-order valence-corrected chi connectivity index (χ1v) is 12.8. The van der Waals surface area contributed by atoms with E-state index < -0.39 is 6.67 Å². The summed E-state index contributed by atoms with van der Waals surface area (Å²) in [4.78, 5) is 27.2. The van der Waals surface area contributed by atoms with Crippen LogP contribution in [-0.2, 0) is 6.67 Å². The molecule has 39 heavy (non-hydrogen) atoms. The number of urea groups is 1. The van der Waals surface area contributed by atoms with Gasteiger partial charge in [0.2, 0.25) is 0 Å². The van der Waals surface area contributed by atoms with Crippen molar-refractivity contribution in [1.82, 2.24) is 5.32 Å². The van der Waals surface area contributed by atoms with Gasteiger partial charge >= 0.3 is 6.03 Å². The van der Waals surface area contributed by atoms with E-state index in [0.717, 1.165) is 24.4 Å². The van der Waals surface area contributed by atoms with E-state index in [-0.39, 0.29) is 18.0 Å². The highest BCUT2D eigenvalue weighted by Gasteiger charge is 2.24. The van der Waals surface area contributed by atoms with Crippen molar-refractivity contribution >= 4 is 29.0 Å². The number of alkyl halides is 1. The molecule has 1 aliphatic heterocycles. The van der Waals surface area contributed by atoms with Crippen molar-refractivity contribution in [2.45, 2.75) is 19.1 Å². The Hall–Kier alpha value is -4.85. The first kappa shape index (κ1) is 25.8. The molecule has 4 aromatic rings. The van der Waals surface area contributed by atoms with E-state index in [2.05, 4.69) is 20.9 Å². The molecule has 1 fully saturated rings. The molecule has 198 valence electrons. The van der Waals surface area contributed by atoms with Crippen molar-refractivity contribution < 1.29 is 18.7 Å². The minimum absolute atomic E-state index is 0.0198. The molecule has 1 saturated heterocycles. The van der Waals surface area contributed by atoms with Crippen LogP contribution in [0.4, 0.5) is 26.2 Å². The summed E-state index contributed by atoms with van der Waals surface area (Å²) >= 11 is 0. The molecule has 0 spiro atoms. The maximum absolute atomic E-state index is 12.7. The molecule has 7 nitrogen and oxygen atoms in total. The van der Waals surface area contributed by atoms with E-state index >= 15 is 0 Å². The lowest BCUT2D eigenvalue weighted by Gasteiger charge is -2.19. The van der Waals surface area contributed by atoms with Crippen LogP contribution in [0.25, 0.3) is 0 Å². The van der Waals surface area contributed by atoms with Gasteiger partial charge in [0.1, 0.15) is 18.2 Å². The zero-order valence-electron chi connectivity index (χ0n) is 21.3. The molecule has 5 rings (SSSR count). The number of carbonyl (C=O) groups excluding carboxylic acids is 2. The molecular formula is C31H29FN4O3. The van der Waals surface area contributed by atoms with Crippen LogP contribution in [0.1, 0.15) is 22.3 Å². The van der Waals surface area contributed by atoms with Gasteiger partial charge < -0.3 is 25.6 Å². The van der Waals surface area contributed by atoms with Crippen LogP contribution in [0.3, 0.4) is 0 Å². The third kappa shape index (κ3) is 6.93. The maximum Gasteiger partial charge on any atom is 0.323 e. The number of ether oxygens (including phenoxy) is 1. The zero-order valence-corrected chi connectivity index (χ0v) is 21.3. The second kappa shape index (κ2) is 12.1. The summed E-state index contributed by atoms with van der Waals surface area (Å²) < 4.78 is 18.5. The minimum Gasteiger partial charge on any atom is -0.457 e. The Morgan fingerprint density at radius 2 is 1.41 bits per heavy atom. The third-order valence-corrected chi connectivity index (χ3v) is 6.48. The second-order valence-corrected chi connectivity index (χ2v) is 9.30. The lowest BCUT2D eigenvalue weighted by Crippen LogP contribution is -2.37. The fraction of sp³-hybridized carbons (Fsp3) is 0.161. The highest BCUT2D eigenvalue weighted by atomic mass is 19.1. The predicted molar refractivity (Wildman–Crippen MR) is 151 cm³/mol. The Balaban J connectivity index is 1.09. The average Bonchev–Trinajstić information content (AvgIpc) is 3.43. The summed E-state index contributed by atoms with van der Waals surface area (Å²) in [7, 11) is 0. The number of anilines is 3. The lowest BCUT2D eigenvalue weighted by atomic mass is 10.1. The number of amides is 3. The number of carbonyl (C=O) groups is 2. The van der Waals surface area contributed by atoms with Crippen molar-refractivity contribution in [3.8, 4) is 11.5 Å². The van der Waals surface area contributed by atoms with Gasteiger partial charge in [-0.2, -0.15) is 0 Å². The van der Waals surface area contributed by atoms with Gasteiger partial charge in [-0.25, -0.2) is 9.18 Å². The van der Waals surface area contributed by atoms with Crippen LogP contribution >= 0.6 is 0 Å². The van der Waals surface area contributed by atoms with Gasteiger partial charge in [0.05, 0.1) is 0 Å². The molecule has 1 aliphatic rings. The van der Waals surface area contributed by atoms with Gasteiger partial charge in [-0.1, -0.05) is 30.3 Å². The summed E-state index contributed by atoms with van der Waals surface area (Å²) in [5.74, 6) is 1.27. The number of hydrogen-bond donors (Lipinski definition) is 3. The van der Waals surface area contributed by atoms with Crippen LogP contribution < -0.4 is 25.6 Å². The van der Waals surface area contributed by atoms with Crippen LogP contribution in [0.5, 0.6) is 11.5 Å². The molecule has 4 aromatic carbocycles. The molecule has 0 radical (unpaired) electrons. The Kier molecular flexibility index (Phi) is 8.02. The van der Waals surface area contributed by atoms with Gasteiger partial charge in [-0.3, -0.25) is 4.79 Å². The number of benzene rings is 4. The summed E-state index contributed by atoms with van der Waals surface area (Å²) in [5, 5.41) is 8.72. The molecule has 3 N–H and O–H groups in total. The van der Waals surface area contributed by atoms with Crippen molar-refractivity contribution in [3.05, 3.63) is 114 Å². The topological polar surface area (TPSA) is 82.7 Å². The first-order chi connectivity index (χ1) is 19.1. The number of rotatable bonds is 8. The highest BCUT2D eigenvalue weighted by Crippen LogP contribution is 2.24. The quantitative estimate of drug-likeness (QED) is 0.243. The molecule has 0 aromatic heterocycles. The lowest BCUT2D eigenvalue weighted by molar-refractivity contribution is 0.0940. The molecule has 8 heteroatoms. The van der Waals surface area contributed by atoms with Crippen molar-refractivity contribution in [3.63, 3.8) is 0 Å². The van der Waals surface area contributed by atoms with Gasteiger partial charge in [0, 0.05) is 41.8 Å². The smallest absolute Gasteiger partial charge is 0.323 e. The van der Waals surface area contributed by atoms with Crippen LogP contribution in [0, 0.1) is 0 Å². The number of hydrogen-bond acceptors (Lipinski definition) is 4. The fourth-order valence-electron chi connectivity index (χ4n) is 4.41. The largest absolute Gasteiger partial charge is 0.457 e. The van der Waals surface area contributed by atoms with E-state index in [1.807, 2.05) is 54.6 Å². The fourth-order valence-corrected chi connectivity index (χ4v) is 4.41. The minimum atomic E-state index is -0.544. The molecule has 0 bridgehead atoms. The molecule has 0 aliphatic carbocycles. The highest BCUT2D eigenvalue weighted by molar-refractivity contribution is 5.99. The SMILES string of the molecule is O=C(Nc1ccc(Oc2ccccc2)cc1)Nc1ccc(N2CCC(NC(=O)c3ccc(CF)cc3)C2)cc1. The Morgan fingerprint density at radius 1 is 0.795 bits per heavy atom. The first-order valence-electron chi connectivity index (χ1n) is 12.8. The van der Waals surface area contributed by atoms with Gasteiger partial charge in [-0.15, -0.1) is 0 Å². The second-order valence-electron chi connectivity index (χ2n) is 9.30. The average molecular weight is 525 g/mol. The van der Waals surface area contributed by atoms with Crippen LogP contribution in [-0.4, -0.2) is 31.1 Å². The Morgan fingerprint density at radius 3 is 2.05 bits per heavy atom. The number of para-hydroxylation sites is 1. The van der Waals surface area contributed by atoms with E-state index in [1.54, 1.807) is 48.5 Å². The molecule has 3 amide bonds. The number of nitrogens with zero attached hydrogens (tertiary/aromatic N) is 1. The van der Waals surface area contributed by atoms with Crippen molar-refractivity contribution in [2.24, 2.45) is 0 Å². The third-order valence-electron chi connectivity index (χ3n) is 6.48. The number of nitrogens with one attached hydrogen (secondary N) is 3. The summed E-state index contributed by atoms with van der Waals surface area (Å²) in [6.45, 7) is 0.951. The van der Waals surface area contributed by atoms with Gasteiger partial charge in [0.15, 0.2) is 0 Å². The molecule has 1 heterocycles. The zero-order chi connectivity index (χ0) is 27.0. The standard InChI is InChI=1S/C31H29FN4O3/c32-20-22-6-8-23(9-7-22)30(37)33-26-18-19-36(21-26)27-14-10-24(11-15-27)34-31(38)35-25-12-16-29(17-13-25)39-28-4-2-1-3-5-28/h1-17,26H,18-21H2,(H,33,37)(H2,34,35,38). The van der Waals surface area contributed by atoms with E-state index in [4.69, 9.17) is 4.74 Å². The Labute approximate surface area is 226 Å². The maximum atomic E-state index is 12.7. The van der Waals surface area contributed by atoms with Crippen LogP contribution in [0.15, 0.2) is 103 Å². The van der Waals surface area contributed by atoms with Crippen LogP contribution in [0.2, 0.25) is 0 Å². The summed E-state index contributed by atoms with van der Waals surface area (Å²) in [5.41, 5.74) is 3.40. The van der Waals surface area contributed by atoms with Gasteiger partial charge in [0.25, 0.3) is 5.91 Å². The molecule has 0 saturated carbocycles. The van der Waals surface area contributed by atoms with E-state index in [0.29, 0.717) is 34.8 Å². The summed E-state index contributed by atoms with van der Waals surface area (Å²) in [6.07, 6.45) is 0.825. The van der Waals surface area contributed by atoms with Crippen molar-refractivity contribution in [2.75, 3.05) is 28.6 Å². The van der Waals surface area contributed by atoms with E-state index in [1.165, 1.54) is 0 Å². The van der Waals surface area contributed by atoms with E-state index in [9.17, 15) is 14.0 Å². The molecule has 1 unspecified atom stereocenters. The monoisotopic (exact) mass is 524 g/mol. The predicted octanol–water partition coefficient (Wildman–Crippen LogP) is 6.60.